The van der Waals surface area contributed by atoms with Crippen molar-refractivity contribution in [1.29, 1.82) is 0 Å². The van der Waals surface area contributed by atoms with Crippen molar-refractivity contribution < 1.29 is 9.53 Å². The minimum Gasteiger partial charge on any atom is -0.496 e. The van der Waals surface area contributed by atoms with Gasteiger partial charge in [0, 0.05) is 18.2 Å². The first kappa shape index (κ1) is 20.3. The van der Waals surface area contributed by atoms with Crippen LogP contribution in [0.15, 0.2) is 35.7 Å². The molecule has 1 aromatic carbocycles. The van der Waals surface area contributed by atoms with E-state index in [9.17, 15) is 4.79 Å². The maximum atomic E-state index is 12.3. The molecule has 1 N–H and O–H groups in total. The Labute approximate surface area is 159 Å². The highest BCUT2D eigenvalue weighted by molar-refractivity contribution is 7.99. The molecule has 0 aliphatic heterocycles. The molecule has 1 heterocycles. The fraction of sp³-hybridized carbons (Fsp3) is 0.500. The van der Waals surface area contributed by atoms with Crippen LogP contribution in [0.1, 0.15) is 31.5 Å². The summed E-state index contributed by atoms with van der Waals surface area (Å²) in [5.74, 6) is 1.09. The molecule has 0 spiro atoms. The van der Waals surface area contributed by atoms with Crippen LogP contribution >= 0.6 is 11.8 Å². The zero-order chi connectivity index (χ0) is 19.1. The molecule has 0 saturated heterocycles. The van der Waals surface area contributed by atoms with Gasteiger partial charge >= 0.3 is 0 Å². The number of methoxy groups -OCH3 is 1. The fourth-order valence-electron chi connectivity index (χ4n) is 2.59. The summed E-state index contributed by atoms with van der Waals surface area (Å²) >= 11 is 1.39. The lowest BCUT2D eigenvalue weighted by molar-refractivity contribution is -0.118. The first-order valence-corrected chi connectivity index (χ1v) is 9.51. The molecular formula is C18H27N5O2S. The number of hydrogen-bond donors (Lipinski definition) is 1. The molecule has 26 heavy (non-hydrogen) atoms. The Kier molecular flexibility index (Phi) is 7.47. The molecule has 0 bridgehead atoms. The van der Waals surface area contributed by atoms with Crippen LogP contribution in [0.2, 0.25) is 0 Å². The molecule has 0 aliphatic rings. The van der Waals surface area contributed by atoms with Gasteiger partial charge < -0.3 is 19.5 Å². The average Bonchev–Trinajstić information content (AvgIpc) is 3.09. The number of aromatic nitrogens is 3. The van der Waals surface area contributed by atoms with Gasteiger partial charge in [-0.15, -0.1) is 10.2 Å². The summed E-state index contributed by atoms with van der Waals surface area (Å²) in [6.45, 7) is 4.62. The molecule has 142 valence electrons. The fourth-order valence-corrected chi connectivity index (χ4v) is 3.47. The van der Waals surface area contributed by atoms with Gasteiger partial charge in [0.25, 0.3) is 0 Å². The van der Waals surface area contributed by atoms with Crippen molar-refractivity contribution in [2.75, 3.05) is 33.5 Å². The molecule has 8 heteroatoms. The molecule has 0 radical (unpaired) electrons. The highest BCUT2D eigenvalue weighted by Gasteiger charge is 2.19. The van der Waals surface area contributed by atoms with E-state index in [0.717, 1.165) is 16.5 Å². The summed E-state index contributed by atoms with van der Waals surface area (Å²) in [6, 6.07) is 8.16. The Balaban J connectivity index is 1.94. The number of amides is 1. The van der Waals surface area contributed by atoms with E-state index in [2.05, 4.69) is 34.3 Å². The molecule has 1 aromatic heterocycles. The van der Waals surface area contributed by atoms with Crippen LogP contribution in [0, 0.1) is 0 Å². The standard InChI is InChI=1S/C18H27N5O2S/c1-13(2)23-12-20-21-18(23)26-11-17(24)19-10-15(22(3)4)14-8-6-7-9-16(14)25-5/h6-9,12-13,15H,10-11H2,1-5H3,(H,19,24)/t15-/m1/s1. The summed E-state index contributed by atoms with van der Waals surface area (Å²) in [6.07, 6.45) is 1.69. The molecule has 0 aliphatic carbocycles. The second-order valence-corrected chi connectivity index (χ2v) is 7.37. The number of carbonyl (C=O) groups is 1. The van der Waals surface area contributed by atoms with Gasteiger partial charge in [-0.3, -0.25) is 4.79 Å². The number of ether oxygens (including phenoxy) is 1. The lowest BCUT2D eigenvalue weighted by Gasteiger charge is -2.26. The van der Waals surface area contributed by atoms with Crippen LogP contribution < -0.4 is 10.1 Å². The van der Waals surface area contributed by atoms with Crippen LogP contribution in [0.5, 0.6) is 5.75 Å². The third-order valence-electron chi connectivity index (χ3n) is 4.04. The van der Waals surface area contributed by atoms with E-state index in [0.29, 0.717) is 12.3 Å². The van der Waals surface area contributed by atoms with E-state index in [1.165, 1.54) is 11.8 Å². The van der Waals surface area contributed by atoms with Gasteiger partial charge in [0.2, 0.25) is 5.91 Å². The third-order valence-corrected chi connectivity index (χ3v) is 5.00. The largest absolute Gasteiger partial charge is 0.496 e. The van der Waals surface area contributed by atoms with Crippen molar-refractivity contribution in [1.82, 2.24) is 25.0 Å². The van der Waals surface area contributed by atoms with E-state index in [-0.39, 0.29) is 18.0 Å². The van der Waals surface area contributed by atoms with Crippen LogP contribution in [0.4, 0.5) is 0 Å². The number of hydrogen-bond acceptors (Lipinski definition) is 6. The van der Waals surface area contributed by atoms with Gasteiger partial charge in [-0.1, -0.05) is 30.0 Å². The predicted octanol–water partition coefficient (Wildman–Crippen LogP) is 2.38. The van der Waals surface area contributed by atoms with E-state index >= 15 is 0 Å². The Morgan fingerprint density at radius 1 is 1.35 bits per heavy atom. The van der Waals surface area contributed by atoms with E-state index in [4.69, 9.17) is 4.74 Å². The van der Waals surface area contributed by atoms with E-state index in [1.807, 2.05) is 42.9 Å². The monoisotopic (exact) mass is 377 g/mol. The minimum absolute atomic E-state index is 0.0272. The maximum absolute atomic E-state index is 12.3. The number of likely N-dealkylation sites (N-methyl/N-ethyl adjacent to an activating group) is 1. The lowest BCUT2D eigenvalue weighted by Crippen LogP contribution is -2.35. The number of benzene rings is 1. The average molecular weight is 378 g/mol. The van der Waals surface area contributed by atoms with Crippen molar-refractivity contribution in [3.8, 4) is 5.75 Å². The molecule has 7 nitrogen and oxygen atoms in total. The molecule has 2 aromatic rings. The van der Waals surface area contributed by atoms with Gasteiger partial charge in [0.05, 0.1) is 18.9 Å². The molecular weight excluding hydrogens is 350 g/mol. The van der Waals surface area contributed by atoms with Crippen molar-refractivity contribution in [2.24, 2.45) is 0 Å². The topological polar surface area (TPSA) is 72.3 Å². The van der Waals surface area contributed by atoms with Gasteiger partial charge in [-0.25, -0.2) is 0 Å². The predicted molar refractivity (Wildman–Crippen MR) is 104 cm³/mol. The highest BCUT2D eigenvalue weighted by atomic mass is 32.2. The zero-order valence-corrected chi connectivity index (χ0v) is 16.8. The normalized spacial score (nSPS) is 12.4. The maximum Gasteiger partial charge on any atom is 0.230 e. The molecule has 0 unspecified atom stereocenters. The SMILES string of the molecule is COc1ccccc1[C@@H](CNC(=O)CSc1nncn1C(C)C)N(C)C. The second-order valence-electron chi connectivity index (χ2n) is 6.43. The van der Waals surface area contributed by atoms with Crippen molar-refractivity contribution in [3.63, 3.8) is 0 Å². The first-order chi connectivity index (χ1) is 12.4. The summed E-state index contributed by atoms with van der Waals surface area (Å²) in [7, 11) is 5.64. The lowest BCUT2D eigenvalue weighted by atomic mass is 10.0. The van der Waals surface area contributed by atoms with Gasteiger partial charge in [-0.05, 0) is 34.0 Å². The van der Waals surface area contributed by atoms with Crippen molar-refractivity contribution in [3.05, 3.63) is 36.2 Å². The Morgan fingerprint density at radius 2 is 2.08 bits per heavy atom. The molecule has 0 saturated carbocycles. The molecule has 0 fully saturated rings. The zero-order valence-electron chi connectivity index (χ0n) is 16.0. The smallest absolute Gasteiger partial charge is 0.230 e. The number of nitrogens with zero attached hydrogens (tertiary/aromatic N) is 4. The number of carbonyl (C=O) groups excluding carboxylic acids is 1. The van der Waals surface area contributed by atoms with Gasteiger partial charge in [0.15, 0.2) is 5.16 Å². The third kappa shape index (κ3) is 5.22. The Hall–Kier alpha value is -2.06. The minimum atomic E-state index is -0.0324. The molecule has 1 amide bonds. The summed E-state index contributed by atoms with van der Waals surface area (Å²) in [4.78, 5) is 14.4. The number of thioether (sulfide) groups is 1. The van der Waals surface area contributed by atoms with E-state index < -0.39 is 0 Å². The summed E-state index contributed by atoms with van der Waals surface area (Å²) in [5, 5.41) is 11.8. The Morgan fingerprint density at radius 3 is 2.73 bits per heavy atom. The number of para-hydroxylation sites is 1. The number of nitrogens with one attached hydrogen (secondary N) is 1. The first-order valence-electron chi connectivity index (χ1n) is 8.52. The molecule has 2 rings (SSSR count). The van der Waals surface area contributed by atoms with Crippen LogP contribution in [0.25, 0.3) is 0 Å². The van der Waals surface area contributed by atoms with Crippen molar-refractivity contribution >= 4 is 17.7 Å². The highest BCUT2D eigenvalue weighted by Crippen LogP contribution is 2.27. The van der Waals surface area contributed by atoms with Crippen LogP contribution in [-0.2, 0) is 4.79 Å². The van der Waals surface area contributed by atoms with Gasteiger partial charge in [0.1, 0.15) is 12.1 Å². The second kappa shape index (κ2) is 9.59. The van der Waals surface area contributed by atoms with Gasteiger partial charge in [-0.2, -0.15) is 0 Å². The van der Waals surface area contributed by atoms with Crippen LogP contribution in [0.3, 0.4) is 0 Å². The van der Waals surface area contributed by atoms with E-state index in [1.54, 1.807) is 13.4 Å². The number of rotatable bonds is 9. The van der Waals surface area contributed by atoms with Crippen LogP contribution in [-0.4, -0.2) is 59.1 Å². The molecule has 1 atom stereocenters. The van der Waals surface area contributed by atoms with Crippen molar-refractivity contribution in [2.45, 2.75) is 31.1 Å². The quantitative estimate of drug-likeness (QED) is 0.677. The summed E-state index contributed by atoms with van der Waals surface area (Å²) < 4.78 is 7.41. The Bertz CT molecular complexity index is 717. The summed E-state index contributed by atoms with van der Waals surface area (Å²) in [5.41, 5.74) is 1.05.